The third-order valence-electron chi connectivity index (χ3n) is 1.61. The highest BCUT2D eigenvalue weighted by atomic mass is 79.9. The number of alkyl halides is 1. The van der Waals surface area contributed by atoms with Gasteiger partial charge < -0.3 is 4.74 Å². The zero-order chi connectivity index (χ0) is 10.2. The fourth-order valence-electron chi connectivity index (χ4n) is 1.02. The molecular formula is C12H13BrO. The van der Waals surface area contributed by atoms with Gasteiger partial charge >= 0.3 is 0 Å². The lowest BCUT2D eigenvalue weighted by molar-refractivity contribution is 0.317. The standard InChI is InChI=1S/C12H13BrO/c1-2-9-14-12-7-3-5-11(10-12)6-4-8-13/h3,5,7,10H,2,8-9H2,1H3. The first kappa shape index (κ1) is 11.1. The van der Waals surface area contributed by atoms with E-state index in [0.29, 0.717) is 5.33 Å². The van der Waals surface area contributed by atoms with Gasteiger partial charge in [0.15, 0.2) is 0 Å². The Morgan fingerprint density at radius 2 is 2.29 bits per heavy atom. The van der Waals surface area contributed by atoms with Crippen molar-refractivity contribution in [1.82, 2.24) is 0 Å². The lowest BCUT2D eigenvalue weighted by Gasteiger charge is -2.03. The third kappa shape index (κ3) is 3.85. The van der Waals surface area contributed by atoms with Crippen LogP contribution in [0, 0.1) is 11.8 Å². The van der Waals surface area contributed by atoms with Crippen LogP contribution in [-0.2, 0) is 0 Å². The summed E-state index contributed by atoms with van der Waals surface area (Å²) in [6.45, 7) is 2.85. The van der Waals surface area contributed by atoms with E-state index < -0.39 is 0 Å². The van der Waals surface area contributed by atoms with Crippen molar-refractivity contribution in [2.75, 3.05) is 11.9 Å². The molecule has 0 N–H and O–H groups in total. The molecule has 0 saturated heterocycles. The predicted molar refractivity (Wildman–Crippen MR) is 62.9 cm³/mol. The molecule has 1 aromatic rings. The minimum atomic E-state index is 0.701. The third-order valence-corrected chi connectivity index (χ3v) is 1.89. The topological polar surface area (TPSA) is 9.23 Å². The molecule has 1 rings (SSSR count). The Labute approximate surface area is 93.6 Å². The Morgan fingerprint density at radius 3 is 3.00 bits per heavy atom. The molecule has 0 atom stereocenters. The maximum Gasteiger partial charge on any atom is 0.120 e. The summed E-state index contributed by atoms with van der Waals surface area (Å²) in [7, 11) is 0. The summed E-state index contributed by atoms with van der Waals surface area (Å²) >= 11 is 3.26. The van der Waals surface area contributed by atoms with Crippen LogP contribution in [0.15, 0.2) is 24.3 Å². The summed E-state index contributed by atoms with van der Waals surface area (Å²) in [5.41, 5.74) is 0.998. The normalized spacial score (nSPS) is 9.00. The van der Waals surface area contributed by atoms with Gasteiger partial charge in [-0.3, -0.25) is 0 Å². The molecule has 1 aromatic carbocycles. The Kier molecular flexibility index (Phi) is 5.17. The van der Waals surface area contributed by atoms with E-state index in [1.807, 2.05) is 24.3 Å². The van der Waals surface area contributed by atoms with E-state index >= 15 is 0 Å². The van der Waals surface area contributed by atoms with Crippen LogP contribution < -0.4 is 4.74 Å². The van der Waals surface area contributed by atoms with Gasteiger partial charge in [0.05, 0.1) is 11.9 Å². The van der Waals surface area contributed by atoms with E-state index in [1.54, 1.807) is 0 Å². The minimum Gasteiger partial charge on any atom is -0.494 e. The van der Waals surface area contributed by atoms with Gasteiger partial charge in [-0.25, -0.2) is 0 Å². The van der Waals surface area contributed by atoms with Crippen LogP contribution in [0.1, 0.15) is 18.9 Å². The highest BCUT2D eigenvalue weighted by Gasteiger charge is 1.93. The summed E-state index contributed by atoms with van der Waals surface area (Å²) in [5, 5.41) is 0.701. The van der Waals surface area contributed by atoms with Crippen LogP contribution in [0.2, 0.25) is 0 Å². The molecule has 0 aromatic heterocycles. The molecule has 0 saturated carbocycles. The van der Waals surface area contributed by atoms with Crippen LogP contribution in [0.3, 0.4) is 0 Å². The summed E-state index contributed by atoms with van der Waals surface area (Å²) in [5.74, 6) is 6.89. The number of rotatable bonds is 3. The molecule has 1 nitrogen and oxygen atoms in total. The average Bonchev–Trinajstić information content (AvgIpc) is 2.24. The number of hydrogen-bond donors (Lipinski definition) is 0. The second-order valence-electron chi connectivity index (χ2n) is 2.81. The molecule has 0 radical (unpaired) electrons. The zero-order valence-electron chi connectivity index (χ0n) is 8.22. The molecule has 0 fully saturated rings. The van der Waals surface area contributed by atoms with E-state index in [-0.39, 0.29) is 0 Å². The first-order valence-corrected chi connectivity index (χ1v) is 5.76. The van der Waals surface area contributed by atoms with Crippen LogP contribution in [-0.4, -0.2) is 11.9 Å². The first-order valence-electron chi connectivity index (χ1n) is 4.64. The second kappa shape index (κ2) is 6.50. The Morgan fingerprint density at radius 1 is 1.43 bits per heavy atom. The average molecular weight is 253 g/mol. The van der Waals surface area contributed by atoms with Crippen molar-refractivity contribution in [3.63, 3.8) is 0 Å². The van der Waals surface area contributed by atoms with E-state index in [9.17, 15) is 0 Å². The van der Waals surface area contributed by atoms with Crippen molar-refractivity contribution in [2.24, 2.45) is 0 Å². The van der Waals surface area contributed by atoms with Crippen LogP contribution in [0.25, 0.3) is 0 Å². The van der Waals surface area contributed by atoms with Gasteiger partial charge in [-0.2, -0.15) is 0 Å². The fraction of sp³-hybridized carbons (Fsp3) is 0.333. The molecule has 0 heterocycles. The molecule has 0 aliphatic rings. The summed E-state index contributed by atoms with van der Waals surface area (Å²) in [6, 6.07) is 7.86. The molecule has 0 aliphatic carbocycles. The van der Waals surface area contributed by atoms with E-state index in [0.717, 1.165) is 24.3 Å². The van der Waals surface area contributed by atoms with E-state index in [4.69, 9.17) is 4.74 Å². The smallest absolute Gasteiger partial charge is 0.120 e. The van der Waals surface area contributed by atoms with Crippen molar-refractivity contribution < 1.29 is 4.74 Å². The second-order valence-corrected chi connectivity index (χ2v) is 3.37. The monoisotopic (exact) mass is 252 g/mol. The quantitative estimate of drug-likeness (QED) is 0.593. The van der Waals surface area contributed by atoms with Gasteiger partial charge in [0.2, 0.25) is 0 Å². The summed E-state index contributed by atoms with van der Waals surface area (Å²) in [4.78, 5) is 0. The van der Waals surface area contributed by atoms with Gasteiger partial charge in [-0.15, -0.1) is 0 Å². The molecule has 0 bridgehead atoms. The lowest BCUT2D eigenvalue weighted by Crippen LogP contribution is -1.94. The van der Waals surface area contributed by atoms with Crippen molar-refractivity contribution in [2.45, 2.75) is 13.3 Å². The highest BCUT2D eigenvalue weighted by Crippen LogP contribution is 2.12. The van der Waals surface area contributed by atoms with Gasteiger partial charge in [0, 0.05) is 5.56 Å². The largest absolute Gasteiger partial charge is 0.494 e. The molecule has 14 heavy (non-hydrogen) atoms. The molecule has 0 aliphatic heterocycles. The fourth-order valence-corrected chi connectivity index (χ4v) is 1.16. The molecule has 0 amide bonds. The van der Waals surface area contributed by atoms with Crippen molar-refractivity contribution in [1.29, 1.82) is 0 Å². The van der Waals surface area contributed by atoms with E-state index in [1.165, 1.54) is 0 Å². The SMILES string of the molecule is CCCOc1cccc(C#CCBr)c1. The van der Waals surface area contributed by atoms with E-state index in [2.05, 4.69) is 34.7 Å². The number of ether oxygens (including phenoxy) is 1. The molecule has 0 spiro atoms. The maximum absolute atomic E-state index is 5.50. The Bertz CT molecular complexity index is 336. The van der Waals surface area contributed by atoms with Gasteiger partial charge in [-0.1, -0.05) is 40.8 Å². The molecular weight excluding hydrogens is 240 g/mol. The van der Waals surface area contributed by atoms with Crippen LogP contribution in [0.5, 0.6) is 5.75 Å². The summed E-state index contributed by atoms with van der Waals surface area (Å²) < 4.78 is 5.50. The highest BCUT2D eigenvalue weighted by molar-refractivity contribution is 9.09. The zero-order valence-corrected chi connectivity index (χ0v) is 9.80. The number of hydrogen-bond acceptors (Lipinski definition) is 1. The van der Waals surface area contributed by atoms with Gasteiger partial charge in [-0.05, 0) is 24.6 Å². The minimum absolute atomic E-state index is 0.701. The Hall–Kier alpha value is -0.940. The maximum atomic E-state index is 5.50. The van der Waals surface area contributed by atoms with Gasteiger partial charge in [0.1, 0.15) is 5.75 Å². The predicted octanol–water partition coefficient (Wildman–Crippen LogP) is 3.22. The Balaban J connectivity index is 2.68. The summed E-state index contributed by atoms with van der Waals surface area (Å²) in [6.07, 6.45) is 1.03. The molecule has 2 heteroatoms. The molecule has 74 valence electrons. The van der Waals surface area contributed by atoms with Crippen LogP contribution in [0.4, 0.5) is 0 Å². The van der Waals surface area contributed by atoms with Crippen molar-refractivity contribution in [3.05, 3.63) is 29.8 Å². The molecule has 0 unspecified atom stereocenters. The first-order chi connectivity index (χ1) is 6.86. The number of halogens is 1. The van der Waals surface area contributed by atoms with Crippen LogP contribution >= 0.6 is 15.9 Å². The van der Waals surface area contributed by atoms with Crippen molar-refractivity contribution >= 4 is 15.9 Å². The number of benzene rings is 1. The lowest BCUT2D eigenvalue weighted by atomic mass is 10.2. The van der Waals surface area contributed by atoms with Crippen molar-refractivity contribution in [3.8, 4) is 17.6 Å². The van der Waals surface area contributed by atoms with Gasteiger partial charge in [0.25, 0.3) is 0 Å².